The van der Waals surface area contributed by atoms with Crippen molar-refractivity contribution in [1.82, 2.24) is 15.7 Å². The number of rotatable bonds is 3. The highest BCUT2D eigenvalue weighted by atomic mass is 35.5. The van der Waals surface area contributed by atoms with Crippen molar-refractivity contribution < 1.29 is 14.0 Å². The molecular weight excluding hydrogens is 285 g/mol. The van der Waals surface area contributed by atoms with E-state index in [1.807, 2.05) is 7.05 Å². The van der Waals surface area contributed by atoms with Crippen molar-refractivity contribution in [1.29, 1.82) is 0 Å². The number of nitrogens with zero attached hydrogens (tertiary/aromatic N) is 1. The van der Waals surface area contributed by atoms with Gasteiger partial charge in [-0.05, 0) is 31.2 Å². The minimum Gasteiger partial charge on any atom is -0.332 e. The fourth-order valence-electron chi connectivity index (χ4n) is 2.57. The summed E-state index contributed by atoms with van der Waals surface area (Å²) < 4.78 is 13.6. The van der Waals surface area contributed by atoms with Crippen molar-refractivity contribution >= 4 is 17.6 Å². The average molecular weight is 302 g/mol. The summed E-state index contributed by atoms with van der Waals surface area (Å²) in [7, 11) is 3.31. The standard InChI is InChI=1S/C13H17ClFN3O2/c1-18-6-5-11(16-13(19)17-20-2)12(18)8-3-4-9(14)10(15)7-8/h3-4,7,11-12H,5-6H2,1-2H3,(H2,16,17,19)/t11-,12+/m0/s1. The third-order valence-corrected chi connectivity index (χ3v) is 3.75. The molecule has 7 heteroatoms. The van der Waals surface area contributed by atoms with Crippen molar-refractivity contribution in [3.05, 3.63) is 34.6 Å². The molecule has 1 saturated heterocycles. The second-order valence-corrected chi connectivity index (χ2v) is 5.18. The lowest BCUT2D eigenvalue weighted by molar-refractivity contribution is 0.105. The van der Waals surface area contributed by atoms with Crippen LogP contribution < -0.4 is 10.8 Å². The molecule has 1 aromatic rings. The number of benzene rings is 1. The number of hydrogen-bond acceptors (Lipinski definition) is 3. The van der Waals surface area contributed by atoms with Crippen LogP contribution in [0, 0.1) is 5.82 Å². The second-order valence-electron chi connectivity index (χ2n) is 4.77. The van der Waals surface area contributed by atoms with E-state index < -0.39 is 11.8 Å². The van der Waals surface area contributed by atoms with Gasteiger partial charge in [0, 0.05) is 6.54 Å². The zero-order chi connectivity index (χ0) is 14.7. The van der Waals surface area contributed by atoms with Crippen molar-refractivity contribution in [2.24, 2.45) is 0 Å². The molecule has 0 aromatic heterocycles. The van der Waals surface area contributed by atoms with Crippen LogP contribution in [-0.2, 0) is 4.84 Å². The first-order chi connectivity index (χ1) is 9.52. The predicted octanol–water partition coefficient (Wildman–Crippen LogP) is 2.08. The Balaban J connectivity index is 2.17. The topological polar surface area (TPSA) is 53.6 Å². The van der Waals surface area contributed by atoms with Crippen LogP contribution in [0.2, 0.25) is 5.02 Å². The van der Waals surface area contributed by atoms with E-state index in [2.05, 4.69) is 20.5 Å². The van der Waals surface area contributed by atoms with Crippen molar-refractivity contribution in [2.75, 3.05) is 20.7 Å². The molecule has 2 amide bonds. The van der Waals surface area contributed by atoms with Gasteiger partial charge in [0.25, 0.3) is 0 Å². The molecule has 2 rings (SSSR count). The van der Waals surface area contributed by atoms with Gasteiger partial charge in [-0.2, -0.15) is 0 Å². The fourth-order valence-corrected chi connectivity index (χ4v) is 2.69. The summed E-state index contributed by atoms with van der Waals surface area (Å²) >= 11 is 5.70. The Bertz CT molecular complexity index is 501. The van der Waals surface area contributed by atoms with Gasteiger partial charge in [0.2, 0.25) is 0 Å². The van der Waals surface area contributed by atoms with E-state index >= 15 is 0 Å². The molecule has 1 aromatic carbocycles. The monoisotopic (exact) mass is 301 g/mol. The number of hydroxylamine groups is 1. The maximum absolute atomic E-state index is 13.6. The smallest absolute Gasteiger partial charge is 0.332 e. The lowest BCUT2D eigenvalue weighted by atomic mass is 10.0. The summed E-state index contributed by atoms with van der Waals surface area (Å²) in [6, 6.07) is 4.11. The summed E-state index contributed by atoms with van der Waals surface area (Å²) in [6.07, 6.45) is 0.780. The zero-order valence-corrected chi connectivity index (χ0v) is 12.1. The highest BCUT2D eigenvalue weighted by Gasteiger charge is 2.34. The van der Waals surface area contributed by atoms with Gasteiger partial charge in [-0.3, -0.25) is 9.74 Å². The van der Waals surface area contributed by atoms with Gasteiger partial charge in [-0.25, -0.2) is 14.7 Å². The first kappa shape index (κ1) is 15.0. The molecule has 5 nitrogen and oxygen atoms in total. The van der Waals surface area contributed by atoms with Crippen LogP contribution >= 0.6 is 11.6 Å². The SMILES string of the molecule is CONC(=O)N[C@H]1CCN(C)[C@@H]1c1ccc(Cl)c(F)c1. The van der Waals surface area contributed by atoms with Gasteiger partial charge in [0.15, 0.2) is 0 Å². The van der Waals surface area contributed by atoms with Crippen LogP contribution in [0.5, 0.6) is 0 Å². The number of carbonyl (C=O) groups excluding carboxylic acids is 1. The molecule has 1 fully saturated rings. The maximum Gasteiger partial charge on any atom is 0.338 e. The largest absolute Gasteiger partial charge is 0.338 e. The number of hydrogen-bond donors (Lipinski definition) is 2. The highest BCUT2D eigenvalue weighted by Crippen LogP contribution is 2.32. The minimum atomic E-state index is -0.454. The summed E-state index contributed by atoms with van der Waals surface area (Å²) in [5.74, 6) is -0.454. The number of amides is 2. The van der Waals surface area contributed by atoms with E-state index in [0.29, 0.717) is 0 Å². The normalized spacial score (nSPS) is 22.8. The van der Waals surface area contributed by atoms with Gasteiger partial charge >= 0.3 is 6.03 Å². The van der Waals surface area contributed by atoms with Gasteiger partial charge in [-0.1, -0.05) is 17.7 Å². The molecule has 2 atom stereocenters. The van der Waals surface area contributed by atoms with Crippen LogP contribution in [0.3, 0.4) is 0 Å². The molecule has 0 spiro atoms. The summed E-state index contributed by atoms with van der Waals surface area (Å²) in [4.78, 5) is 18.2. The molecule has 0 bridgehead atoms. The van der Waals surface area contributed by atoms with Crippen LogP contribution in [0.4, 0.5) is 9.18 Å². The lowest BCUT2D eigenvalue weighted by Gasteiger charge is -2.26. The van der Waals surface area contributed by atoms with E-state index in [1.165, 1.54) is 19.2 Å². The minimum absolute atomic E-state index is 0.0932. The highest BCUT2D eigenvalue weighted by molar-refractivity contribution is 6.30. The van der Waals surface area contributed by atoms with Gasteiger partial charge in [0.05, 0.1) is 24.2 Å². The third-order valence-electron chi connectivity index (χ3n) is 3.45. The molecule has 0 saturated carbocycles. The Morgan fingerprint density at radius 2 is 2.30 bits per heavy atom. The fraction of sp³-hybridized carbons (Fsp3) is 0.462. The summed E-state index contributed by atoms with van der Waals surface area (Å²) in [5, 5.41) is 2.91. The van der Waals surface area contributed by atoms with Gasteiger partial charge in [-0.15, -0.1) is 0 Å². The predicted molar refractivity (Wildman–Crippen MR) is 73.9 cm³/mol. The van der Waals surface area contributed by atoms with Crippen molar-refractivity contribution in [3.8, 4) is 0 Å². The summed E-state index contributed by atoms with van der Waals surface area (Å²) in [6.45, 7) is 0.812. The van der Waals surface area contributed by atoms with E-state index in [-0.39, 0.29) is 17.1 Å². The lowest BCUT2D eigenvalue weighted by Crippen LogP contribution is -2.44. The summed E-state index contributed by atoms with van der Waals surface area (Å²) in [5.41, 5.74) is 3.00. The van der Waals surface area contributed by atoms with Crippen LogP contribution in [0.15, 0.2) is 18.2 Å². The molecule has 0 aliphatic carbocycles. The number of nitrogens with one attached hydrogen (secondary N) is 2. The Kier molecular flexibility index (Phi) is 4.80. The van der Waals surface area contributed by atoms with Crippen LogP contribution in [-0.4, -0.2) is 37.7 Å². The number of urea groups is 1. The first-order valence-electron chi connectivity index (χ1n) is 6.27. The Morgan fingerprint density at radius 3 is 2.95 bits per heavy atom. The number of carbonyl (C=O) groups is 1. The quantitative estimate of drug-likeness (QED) is 0.841. The van der Waals surface area contributed by atoms with Gasteiger partial charge in [0.1, 0.15) is 5.82 Å². The van der Waals surface area contributed by atoms with E-state index in [9.17, 15) is 9.18 Å². The molecule has 1 aliphatic heterocycles. The first-order valence-corrected chi connectivity index (χ1v) is 6.65. The average Bonchev–Trinajstić information content (AvgIpc) is 2.74. The van der Waals surface area contributed by atoms with Crippen LogP contribution in [0.1, 0.15) is 18.0 Å². The van der Waals surface area contributed by atoms with Crippen molar-refractivity contribution in [3.63, 3.8) is 0 Å². The molecule has 2 N–H and O–H groups in total. The Morgan fingerprint density at radius 1 is 1.55 bits per heavy atom. The van der Waals surface area contributed by atoms with E-state index in [4.69, 9.17) is 11.6 Å². The maximum atomic E-state index is 13.6. The third kappa shape index (κ3) is 3.20. The second kappa shape index (κ2) is 6.39. The molecule has 20 heavy (non-hydrogen) atoms. The molecule has 1 aliphatic rings. The molecular formula is C13H17ClFN3O2. The van der Waals surface area contributed by atoms with Crippen molar-refractivity contribution in [2.45, 2.75) is 18.5 Å². The van der Waals surface area contributed by atoms with Crippen LogP contribution in [0.25, 0.3) is 0 Å². The molecule has 0 radical (unpaired) electrons. The number of likely N-dealkylation sites (tertiary alicyclic amines) is 1. The number of halogens is 2. The molecule has 110 valence electrons. The van der Waals surface area contributed by atoms with E-state index in [1.54, 1.807) is 6.07 Å². The Labute approximate surface area is 122 Å². The molecule has 1 heterocycles. The Hall–Kier alpha value is -1.37. The number of likely N-dealkylation sites (N-methyl/N-ethyl adjacent to an activating group) is 1. The van der Waals surface area contributed by atoms with Gasteiger partial charge < -0.3 is 5.32 Å². The molecule has 0 unspecified atom stereocenters. The van der Waals surface area contributed by atoms with E-state index in [0.717, 1.165) is 18.5 Å². The zero-order valence-electron chi connectivity index (χ0n) is 11.3.